The van der Waals surface area contributed by atoms with Crippen molar-refractivity contribution in [3.63, 3.8) is 0 Å². The highest BCUT2D eigenvalue weighted by Crippen LogP contribution is 2.20. The van der Waals surface area contributed by atoms with E-state index in [0.717, 1.165) is 29.6 Å². The first-order chi connectivity index (χ1) is 9.62. The second-order valence-corrected chi connectivity index (χ2v) is 4.88. The minimum absolute atomic E-state index is 0.0520. The van der Waals surface area contributed by atoms with E-state index < -0.39 is 0 Å². The normalized spacial score (nSPS) is 12.6. The van der Waals surface area contributed by atoms with Gasteiger partial charge in [-0.05, 0) is 31.5 Å². The third-order valence-electron chi connectivity index (χ3n) is 3.24. The van der Waals surface area contributed by atoms with Crippen molar-refractivity contribution < 1.29 is 9.21 Å². The molecule has 1 heterocycles. The molecular weight excluding hydrogens is 254 g/mol. The summed E-state index contributed by atoms with van der Waals surface area (Å²) in [6.45, 7) is 6.44. The fourth-order valence-electron chi connectivity index (χ4n) is 1.82. The topological polar surface area (TPSA) is 67.2 Å². The van der Waals surface area contributed by atoms with Gasteiger partial charge in [-0.1, -0.05) is 13.8 Å². The van der Waals surface area contributed by atoms with Crippen molar-refractivity contribution in [1.82, 2.24) is 10.3 Å². The molecule has 1 aromatic carbocycles. The van der Waals surface area contributed by atoms with Crippen molar-refractivity contribution in [3.8, 4) is 0 Å². The molecule has 0 saturated heterocycles. The molecule has 0 fully saturated rings. The second-order valence-electron chi connectivity index (χ2n) is 4.88. The Bertz CT molecular complexity index is 592. The van der Waals surface area contributed by atoms with Crippen LogP contribution in [0, 0.1) is 0 Å². The van der Waals surface area contributed by atoms with Gasteiger partial charge in [-0.2, -0.15) is 0 Å². The van der Waals surface area contributed by atoms with E-state index in [-0.39, 0.29) is 5.91 Å². The number of amides is 1. The van der Waals surface area contributed by atoms with Gasteiger partial charge >= 0.3 is 0 Å². The number of carbonyl (C=O) groups is 1. The van der Waals surface area contributed by atoms with E-state index in [1.54, 1.807) is 0 Å². The lowest BCUT2D eigenvalue weighted by atomic mass is 10.2. The molecule has 0 saturated carbocycles. The van der Waals surface area contributed by atoms with Gasteiger partial charge in [0.2, 0.25) is 5.91 Å². The quantitative estimate of drug-likeness (QED) is 0.850. The first kappa shape index (κ1) is 14.5. The van der Waals surface area contributed by atoms with Gasteiger partial charge in [-0.15, -0.1) is 0 Å². The van der Waals surface area contributed by atoms with Crippen LogP contribution < -0.4 is 10.6 Å². The van der Waals surface area contributed by atoms with E-state index in [1.165, 1.54) is 0 Å². The van der Waals surface area contributed by atoms with Crippen molar-refractivity contribution in [2.45, 2.75) is 39.7 Å². The number of anilines is 1. The summed E-state index contributed by atoms with van der Waals surface area (Å²) in [6.07, 6.45) is 1.76. The molecule has 1 unspecified atom stereocenters. The van der Waals surface area contributed by atoms with Crippen molar-refractivity contribution >= 4 is 22.7 Å². The Morgan fingerprint density at radius 3 is 2.90 bits per heavy atom. The van der Waals surface area contributed by atoms with Gasteiger partial charge in [0, 0.05) is 18.2 Å². The predicted molar refractivity (Wildman–Crippen MR) is 79.8 cm³/mol. The van der Waals surface area contributed by atoms with E-state index in [0.29, 0.717) is 18.5 Å². The molecule has 0 aliphatic heterocycles. The number of benzene rings is 1. The highest BCUT2D eigenvalue weighted by molar-refractivity contribution is 5.94. The van der Waals surface area contributed by atoms with Crippen molar-refractivity contribution in [3.05, 3.63) is 24.1 Å². The Morgan fingerprint density at radius 2 is 2.20 bits per heavy atom. The zero-order valence-electron chi connectivity index (χ0n) is 12.2. The lowest BCUT2D eigenvalue weighted by Gasteiger charge is -2.11. The number of aryl methyl sites for hydroxylation is 1. The van der Waals surface area contributed by atoms with E-state index in [4.69, 9.17) is 4.42 Å². The molecule has 0 radical (unpaired) electrons. The van der Waals surface area contributed by atoms with Gasteiger partial charge in [0.15, 0.2) is 11.5 Å². The molecule has 20 heavy (non-hydrogen) atoms. The number of nitrogens with one attached hydrogen (secondary N) is 2. The Hall–Kier alpha value is -1.88. The molecule has 0 aliphatic carbocycles. The summed E-state index contributed by atoms with van der Waals surface area (Å²) in [5.74, 6) is 0.658. The fraction of sp³-hybridized carbons (Fsp3) is 0.467. The zero-order chi connectivity index (χ0) is 14.5. The number of nitrogens with zero attached hydrogens (tertiary/aromatic N) is 1. The molecule has 2 aromatic rings. The molecule has 5 nitrogen and oxygen atoms in total. The van der Waals surface area contributed by atoms with Crippen LogP contribution in [0.4, 0.5) is 5.69 Å². The van der Waals surface area contributed by atoms with Crippen LogP contribution in [0.3, 0.4) is 0 Å². The molecule has 0 spiro atoms. The Balaban J connectivity index is 2.00. The van der Waals surface area contributed by atoms with Gasteiger partial charge in [0.1, 0.15) is 5.52 Å². The molecule has 0 bridgehead atoms. The summed E-state index contributed by atoms with van der Waals surface area (Å²) in [4.78, 5) is 16.2. The standard InChI is InChI=1S/C15H21N3O2/c1-4-10(3)16-9-14(19)17-11-6-7-13-12(8-11)18-15(5-2)20-13/h6-8,10,16H,4-5,9H2,1-3H3,(H,17,19). The second kappa shape index (κ2) is 6.52. The number of hydrogen-bond donors (Lipinski definition) is 2. The fourth-order valence-corrected chi connectivity index (χ4v) is 1.82. The van der Waals surface area contributed by atoms with E-state index >= 15 is 0 Å². The van der Waals surface area contributed by atoms with Crippen molar-refractivity contribution in [2.24, 2.45) is 0 Å². The van der Waals surface area contributed by atoms with Crippen LogP contribution in [0.25, 0.3) is 11.1 Å². The maximum absolute atomic E-state index is 11.8. The van der Waals surface area contributed by atoms with Crippen LogP contribution in [0.5, 0.6) is 0 Å². The molecular formula is C15H21N3O2. The van der Waals surface area contributed by atoms with Crippen LogP contribution in [-0.4, -0.2) is 23.5 Å². The van der Waals surface area contributed by atoms with E-state index in [9.17, 15) is 4.79 Å². The summed E-state index contributed by atoms with van der Waals surface area (Å²) in [5, 5.41) is 6.01. The number of fused-ring (bicyclic) bond motifs is 1. The molecule has 108 valence electrons. The molecule has 5 heteroatoms. The van der Waals surface area contributed by atoms with E-state index in [1.807, 2.05) is 25.1 Å². The Kier molecular flexibility index (Phi) is 4.74. The highest BCUT2D eigenvalue weighted by Gasteiger charge is 2.08. The third kappa shape index (κ3) is 3.57. The summed E-state index contributed by atoms with van der Waals surface area (Å²) >= 11 is 0. The SMILES string of the molecule is CCc1nc2cc(NC(=O)CNC(C)CC)ccc2o1. The average Bonchev–Trinajstić information content (AvgIpc) is 2.87. The number of oxazole rings is 1. The molecule has 2 N–H and O–H groups in total. The first-order valence-corrected chi connectivity index (χ1v) is 7.05. The van der Waals surface area contributed by atoms with Gasteiger partial charge in [-0.3, -0.25) is 4.79 Å². The largest absolute Gasteiger partial charge is 0.441 e. The third-order valence-corrected chi connectivity index (χ3v) is 3.24. The minimum Gasteiger partial charge on any atom is -0.441 e. The number of carbonyl (C=O) groups excluding carboxylic acids is 1. The average molecular weight is 275 g/mol. The number of rotatable bonds is 6. The van der Waals surface area contributed by atoms with Crippen molar-refractivity contribution in [2.75, 3.05) is 11.9 Å². The van der Waals surface area contributed by atoms with Gasteiger partial charge in [0.25, 0.3) is 0 Å². The molecule has 1 aromatic heterocycles. The van der Waals surface area contributed by atoms with Gasteiger partial charge < -0.3 is 15.1 Å². The Morgan fingerprint density at radius 1 is 1.40 bits per heavy atom. The highest BCUT2D eigenvalue weighted by atomic mass is 16.3. The molecule has 2 rings (SSSR count). The zero-order valence-corrected chi connectivity index (χ0v) is 12.2. The monoisotopic (exact) mass is 275 g/mol. The van der Waals surface area contributed by atoms with Crippen LogP contribution in [0.2, 0.25) is 0 Å². The summed E-state index contributed by atoms with van der Waals surface area (Å²) in [7, 11) is 0. The summed E-state index contributed by atoms with van der Waals surface area (Å²) in [5.41, 5.74) is 2.26. The predicted octanol–water partition coefficient (Wildman–Crippen LogP) is 2.72. The smallest absolute Gasteiger partial charge is 0.238 e. The van der Waals surface area contributed by atoms with Crippen molar-refractivity contribution in [1.29, 1.82) is 0 Å². The Labute approximate surface area is 118 Å². The molecule has 1 amide bonds. The maximum atomic E-state index is 11.8. The summed E-state index contributed by atoms with van der Waals surface area (Å²) < 4.78 is 5.53. The first-order valence-electron chi connectivity index (χ1n) is 7.05. The van der Waals surface area contributed by atoms with Crippen LogP contribution in [0.1, 0.15) is 33.1 Å². The van der Waals surface area contributed by atoms with Gasteiger partial charge in [-0.25, -0.2) is 4.98 Å². The maximum Gasteiger partial charge on any atom is 0.238 e. The lowest BCUT2D eigenvalue weighted by molar-refractivity contribution is -0.115. The summed E-state index contributed by atoms with van der Waals surface area (Å²) in [6, 6.07) is 5.83. The number of hydrogen-bond acceptors (Lipinski definition) is 4. The van der Waals surface area contributed by atoms with Crippen LogP contribution in [-0.2, 0) is 11.2 Å². The van der Waals surface area contributed by atoms with Crippen LogP contribution >= 0.6 is 0 Å². The molecule has 1 atom stereocenters. The van der Waals surface area contributed by atoms with E-state index in [2.05, 4.69) is 29.5 Å². The lowest BCUT2D eigenvalue weighted by Crippen LogP contribution is -2.33. The molecule has 0 aliphatic rings. The van der Waals surface area contributed by atoms with Gasteiger partial charge in [0.05, 0.1) is 6.54 Å². The minimum atomic E-state index is -0.0520. The number of aromatic nitrogens is 1. The van der Waals surface area contributed by atoms with Crippen LogP contribution in [0.15, 0.2) is 22.6 Å².